The molecule has 2 aromatic heterocycles. The van der Waals surface area contributed by atoms with E-state index in [1.165, 1.54) is 10.6 Å². The maximum absolute atomic E-state index is 4.82. The monoisotopic (exact) mass is 301 g/mol. The van der Waals surface area contributed by atoms with Crippen LogP contribution < -0.4 is 10.6 Å². The fraction of sp³-hybridized carbons (Fsp3) is 0.400. The van der Waals surface area contributed by atoms with Gasteiger partial charge >= 0.3 is 0 Å². The largest absolute Gasteiger partial charge is 0.256 e. The molecular formula is C15H23N3Si2. The number of aromatic nitrogens is 3. The molecule has 0 unspecified atom stereocenters. The summed E-state index contributed by atoms with van der Waals surface area (Å²) in [5, 5.41) is 2.41. The fourth-order valence-corrected chi connectivity index (χ4v) is 3.97. The van der Waals surface area contributed by atoms with Gasteiger partial charge in [-0.15, -0.1) is 0 Å². The summed E-state index contributed by atoms with van der Waals surface area (Å²) in [4.78, 5) is 13.7. The number of nitrogens with zero attached hydrogens (tertiary/aromatic N) is 3. The molecule has 0 saturated heterocycles. The molecule has 20 heavy (non-hydrogen) atoms. The minimum atomic E-state index is -1.42. The highest BCUT2D eigenvalue weighted by atomic mass is 28.3. The third-order valence-electron chi connectivity index (χ3n) is 3.22. The van der Waals surface area contributed by atoms with Crippen LogP contribution >= 0.6 is 0 Å². The number of rotatable bonds is 3. The van der Waals surface area contributed by atoms with Crippen LogP contribution in [-0.4, -0.2) is 31.1 Å². The van der Waals surface area contributed by atoms with E-state index >= 15 is 0 Å². The first kappa shape index (κ1) is 15.1. The Hall–Kier alpha value is -1.34. The van der Waals surface area contributed by atoms with Gasteiger partial charge in [0.05, 0.1) is 11.4 Å². The highest BCUT2D eigenvalue weighted by Crippen LogP contribution is 2.13. The van der Waals surface area contributed by atoms with E-state index in [0.29, 0.717) is 0 Å². The molecule has 0 aliphatic rings. The van der Waals surface area contributed by atoms with Crippen molar-refractivity contribution in [1.82, 2.24) is 15.0 Å². The normalized spacial score (nSPS) is 12.5. The number of hydrogen-bond acceptors (Lipinski definition) is 3. The molecular weight excluding hydrogens is 278 g/mol. The molecule has 0 bridgehead atoms. The standard InChI is InChI=1S/C15H23N3Si2/c1-19(2,3)14-9-7-8-12(18-14)13-10-15(17-11-16-13)20(4,5)6/h7-11H,1-6H3. The highest BCUT2D eigenvalue weighted by Gasteiger charge is 2.21. The maximum atomic E-state index is 4.82. The third kappa shape index (κ3) is 3.40. The molecule has 0 amide bonds. The predicted molar refractivity (Wildman–Crippen MR) is 91.2 cm³/mol. The lowest BCUT2D eigenvalue weighted by atomic mass is 10.3. The summed E-state index contributed by atoms with van der Waals surface area (Å²) in [5.41, 5.74) is 1.91. The van der Waals surface area contributed by atoms with Crippen molar-refractivity contribution >= 4 is 26.8 Å². The van der Waals surface area contributed by atoms with E-state index in [1.54, 1.807) is 6.33 Å². The molecule has 0 atom stereocenters. The zero-order valence-electron chi connectivity index (χ0n) is 13.2. The molecule has 2 aromatic rings. The van der Waals surface area contributed by atoms with Gasteiger partial charge in [0.1, 0.15) is 22.5 Å². The van der Waals surface area contributed by atoms with Crippen LogP contribution in [0.2, 0.25) is 39.3 Å². The minimum absolute atomic E-state index is 0.942. The summed E-state index contributed by atoms with van der Waals surface area (Å²) in [5.74, 6) is 0. The Balaban J connectivity index is 2.47. The zero-order chi connectivity index (χ0) is 15.0. The number of pyridine rings is 1. The SMILES string of the molecule is C[Si](C)(C)c1cc(-c2cccc([Si](C)(C)C)n2)ncn1. The van der Waals surface area contributed by atoms with E-state index in [0.717, 1.165) is 11.4 Å². The maximum Gasteiger partial charge on any atom is 0.115 e. The van der Waals surface area contributed by atoms with Gasteiger partial charge < -0.3 is 0 Å². The fourth-order valence-electron chi connectivity index (χ4n) is 1.90. The quantitative estimate of drug-likeness (QED) is 0.818. The van der Waals surface area contributed by atoms with Crippen molar-refractivity contribution in [3.05, 3.63) is 30.6 Å². The van der Waals surface area contributed by atoms with Crippen molar-refractivity contribution in [3.63, 3.8) is 0 Å². The van der Waals surface area contributed by atoms with Gasteiger partial charge in [-0.3, -0.25) is 4.98 Å². The lowest BCUT2D eigenvalue weighted by Crippen LogP contribution is -2.41. The summed E-state index contributed by atoms with van der Waals surface area (Å²) < 4.78 is 0. The van der Waals surface area contributed by atoms with Crippen LogP contribution in [-0.2, 0) is 0 Å². The summed E-state index contributed by atoms with van der Waals surface area (Å²) in [6.07, 6.45) is 1.67. The molecule has 5 heteroatoms. The van der Waals surface area contributed by atoms with Crippen LogP contribution in [0.3, 0.4) is 0 Å². The molecule has 0 aliphatic heterocycles. The van der Waals surface area contributed by atoms with Crippen LogP contribution in [0.5, 0.6) is 0 Å². The Bertz CT molecular complexity index is 558. The summed E-state index contributed by atoms with van der Waals surface area (Å²) in [6, 6.07) is 8.38. The van der Waals surface area contributed by atoms with Gasteiger partial charge in [0.25, 0.3) is 0 Å². The first-order chi connectivity index (χ1) is 9.18. The van der Waals surface area contributed by atoms with Gasteiger partial charge in [0.15, 0.2) is 0 Å². The lowest BCUT2D eigenvalue weighted by molar-refractivity contribution is 1.17. The molecule has 0 radical (unpaired) electrons. The molecule has 106 valence electrons. The van der Waals surface area contributed by atoms with E-state index in [2.05, 4.69) is 67.4 Å². The summed E-state index contributed by atoms with van der Waals surface area (Å²) in [7, 11) is -2.81. The van der Waals surface area contributed by atoms with Gasteiger partial charge in [-0.05, 0) is 18.2 Å². The predicted octanol–water partition coefficient (Wildman–Crippen LogP) is 2.63. The van der Waals surface area contributed by atoms with Crippen LogP contribution in [0.4, 0.5) is 0 Å². The highest BCUT2D eigenvalue weighted by molar-refractivity contribution is 6.88. The first-order valence-corrected chi connectivity index (χ1v) is 14.0. The van der Waals surface area contributed by atoms with E-state index in [9.17, 15) is 0 Å². The molecule has 3 nitrogen and oxygen atoms in total. The summed E-state index contributed by atoms with van der Waals surface area (Å²) in [6.45, 7) is 13.8. The second kappa shape index (κ2) is 5.22. The van der Waals surface area contributed by atoms with E-state index in [-0.39, 0.29) is 0 Å². The smallest absolute Gasteiger partial charge is 0.115 e. The molecule has 0 aromatic carbocycles. The topological polar surface area (TPSA) is 38.7 Å². The Morgan fingerprint density at radius 1 is 0.750 bits per heavy atom. The molecule has 2 rings (SSSR count). The Morgan fingerprint density at radius 3 is 2.00 bits per heavy atom. The Morgan fingerprint density at radius 2 is 1.40 bits per heavy atom. The lowest BCUT2D eigenvalue weighted by Gasteiger charge is -2.17. The zero-order valence-corrected chi connectivity index (χ0v) is 15.2. The van der Waals surface area contributed by atoms with Crippen molar-refractivity contribution in [2.24, 2.45) is 0 Å². The van der Waals surface area contributed by atoms with Gasteiger partial charge in [0, 0.05) is 10.6 Å². The van der Waals surface area contributed by atoms with E-state index in [4.69, 9.17) is 4.98 Å². The van der Waals surface area contributed by atoms with Crippen LogP contribution in [0.1, 0.15) is 0 Å². The molecule has 0 fully saturated rings. The minimum Gasteiger partial charge on any atom is -0.256 e. The second-order valence-corrected chi connectivity index (χ2v) is 17.2. The molecule has 0 N–H and O–H groups in total. The Kier molecular flexibility index (Phi) is 3.93. The average Bonchev–Trinajstić information content (AvgIpc) is 2.37. The molecule has 0 saturated carbocycles. The van der Waals surface area contributed by atoms with Gasteiger partial charge in [-0.1, -0.05) is 45.3 Å². The van der Waals surface area contributed by atoms with Crippen molar-refractivity contribution < 1.29 is 0 Å². The first-order valence-electron chi connectivity index (χ1n) is 6.98. The molecule has 0 aliphatic carbocycles. The van der Waals surface area contributed by atoms with Gasteiger partial charge in [-0.25, -0.2) is 9.97 Å². The molecule has 0 spiro atoms. The van der Waals surface area contributed by atoms with Crippen molar-refractivity contribution in [2.75, 3.05) is 0 Å². The van der Waals surface area contributed by atoms with Crippen LogP contribution in [0, 0.1) is 0 Å². The number of hydrogen-bond donors (Lipinski definition) is 0. The van der Waals surface area contributed by atoms with Crippen molar-refractivity contribution in [1.29, 1.82) is 0 Å². The van der Waals surface area contributed by atoms with Crippen LogP contribution in [0.15, 0.2) is 30.6 Å². The summed E-state index contributed by atoms with van der Waals surface area (Å²) >= 11 is 0. The molecule has 2 heterocycles. The average molecular weight is 302 g/mol. The van der Waals surface area contributed by atoms with Crippen molar-refractivity contribution in [3.8, 4) is 11.4 Å². The second-order valence-electron chi connectivity index (χ2n) is 7.20. The third-order valence-corrected chi connectivity index (χ3v) is 6.84. The van der Waals surface area contributed by atoms with Gasteiger partial charge in [-0.2, -0.15) is 0 Å². The Labute approximate surface area is 123 Å². The van der Waals surface area contributed by atoms with Gasteiger partial charge in [0.2, 0.25) is 0 Å². The van der Waals surface area contributed by atoms with E-state index in [1.807, 2.05) is 6.07 Å². The van der Waals surface area contributed by atoms with E-state index < -0.39 is 16.1 Å². The van der Waals surface area contributed by atoms with Crippen molar-refractivity contribution in [2.45, 2.75) is 39.3 Å². The van der Waals surface area contributed by atoms with Crippen LogP contribution in [0.25, 0.3) is 11.4 Å².